The molecule has 0 radical (unpaired) electrons. The number of rotatable bonds is 8. The number of hydrogen-bond donors (Lipinski definition) is 4. The smallest absolute Gasteiger partial charge is 0.126 e. The van der Waals surface area contributed by atoms with Crippen molar-refractivity contribution in [1.29, 1.82) is 0 Å². The van der Waals surface area contributed by atoms with Gasteiger partial charge in [0.1, 0.15) is 18.0 Å². The molecular formula is C23H38N2O3S2. The summed E-state index contributed by atoms with van der Waals surface area (Å²) in [4.78, 5) is 0. The van der Waals surface area contributed by atoms with Crippen LogP contribution in [0.1, 0.15) is 64.2 Å². The van der Waals surface area contributed by atoms with Crippen LogP contribution >= 0.6 is 21.6 Å². The fourth-order valence-corrected chi connectivity index (χ4v) is 6.40. The standard InChI is InChI=1S/C23H38N2O3S2/c1-22(2,3)18(10-23(4,5)25-27)11-24-12-19(26)20-7-6-15-8-16-13-29-30-14-17(16)9-21(15)28-20/h8-9,18-20,24-27H,6-7,10-14H2,1-5H3. The highest BCUT2D eigenvalue weighted by molar-refractivity contribution is 8.76. The monoisotopic (exact) mass is 454 g/mol. The van der Waals surface area contributed by atoms with Gasteiger partial charge < -0.3 is 20.4 Å². The van der Waals surface area contributed by atoms with E-state index in [1.807, 2.05) is 35.4 Å². The molecule has 2 aliphatic heterocycles. The fourth-order valence-electron chi connectivity index (χ4n) is 4.18. The minimum absolute atomic E-state index is 0.0989. The first-order valence-electron chi connectivity index (χ1n) is 10.9. The maximum Gasteiger partial charge on any atom is 0.126 e. The Morgan fingerprint density at radius 1 is 1.07 bits per heavy atom. The van der Waals surface area contributed by atoms with Crippen LogP contribution in [0, 0.1) is 11.3 Å². The lowest BCUT2D eigenvalue weighted by molar-refractivity contribution is 0.0207. The first-order chi connectivity index (χ1) is 14.1. The molecule has 7 heteroatoms. The third-order valence-electron chi connectivity index (χ3n) is 6.33. The van der Waals surface area contributed by atoms with Gasteiger partial charge in [0, 0.05) is 23.6 Å². The quantitative estimate of drug-likeness (QED) is 0.340. The molecule has 5 nitrogen and oxygen atoms in total. The van der Waals surface area contributed by atoms with Crippen molar-refractivity contribution >= 4 is 21.6 Å². The summed E-state index contributed by atoms with van der Waals surface area (Å²) in [5.74, 6) is 3.41. The van der Waals surface area contributed by atoms with Gasteiger partial charge >= 0.3 is 0 Å². The van der Waals surface area contributed by atoms with Crippen molar-refractivity contribution in [3.63, 3.8) is 0 Å². The van der Waals surface area contributed by atoms with Gasteiger partial charge in [0.15, 0.2) is 0 Å². The van der Waals surface area contributed by atoms with Crippen LogP contribution in [0.3, 0.4) is 0 Å². The molecule has 1 aromatic rings. The van der Waals surface area contributed by atoms with E-state index in [0.29, 0.717) is 12.5 Å². The van der Waals surface area contributed by atoms with Crippen LogP contribution in [-0.4, -0.2) is 41.2 Å². The number of benzene rings is 1. The number of fused-ring (bicyclic) bond motifs is 2. The number of aryl methyl sites for hydroxylation is 1. The zero-order valence-electron chi connectivity index (χ0n) is 19.0. The number of hydrogen-bond acceptors (Lipinski definition) is 7. The molecule has 0 amide bonds. The van der Waals surface area contributed by atoms with E-state index >= 15 is 0 Å². The third kappa shape index (κ3) is 6.30. The molecule has 3 rings (SSSR count). The second-order valence-electron chi connectivity index (χ2n) is 10.4. The van der Waals surface area contributed by atoms with Crippen LogP contribution < -0.4 is 15.5 Å². The summed E-state index contributed by atoms with van der Waals surface area (Å²) in [7, 11) is 3.82. The van der Waals surface area contributed by atoms with Gasteiger partial charge in [-0.05, 0) is 73.7 Å². The van der Waals surface area contributed by atoms with Crippen LogP contribution in [0.15, 0.2) is 12.1 Å². The van der Waals surface area contributed by atoms with Crippen molar-refractivity contribution in [1.82, 2.24) is 10.8 Å². The lowest BCUT2D eigenvalue weighted by atomic mass is 9.74. The molecule has 2 aliphatic rings. The van der Waals surface area contributed by atoms with Crippen LogP contribution in [0.25, 0.3) is 0 Å². The maximum absolute atomic E-state index is 10.8. The molecule has 0 fully saturated rings. The van der Waals surface area contributed by atoms with Crippen molar-refractivity contribution in [2.75, 3.05) is 13.1 Å². The lowest BCUT2D eigenvalue weighted by Crippen LogP contribution is -2.46. The molecular weight excluding hydrogens is 416 g/mol. The summed E-state index contributed by atoms with van der Waals surface area (Å²) in [5, 5.41) is 23.7. The van der Waals surface area contributed by atoms with Gasteiger partial charge in [0.2, 0.25) is 0 Å². The van der Waals surface area contributed by atoms with E-state index in [4.69, 9.17) is 4.74 Å². The first-order valence-corrected chi connectivity index (χ1v) is 13.4. The highest BCUT2D eigenvalue weighted by Crippen LogP contribution is 2.41. The van der Waals surface area contributed by atoms with Crippen molar-refractivity contribution < 1.29 is 15.1 Å². The summed E-state index contributed by atoms with van der Waals surface area (Å²) >= 11 is 0. The van der Waals surface area contributed by atoms with E-state index in [2.05, 4.69) is 43.7 Å². The summed E-state index contributed by atoms with van der Waals surface area (Å²) < 4.78 is 6.23. The van der Waals surface area contributed by atoms with Crippen LogP contribution in [0.4, 0.5) is 0 Å². The predicted molar refractivity (Wildman–Crippen MR) is 127 cm³/mol. The third-order valence-corrected chi connectivity index (χ3v) is 8.56. The molecule has 4 N–H and O–H groups in total. The maximum atomic E-state index is 10.8. The highest BCUT2D eigenvalue weighted by Gasteiger charge is 2.32. The average molecular weight is 455 g/mol. The Hall–Kier alpha value is -0.440. The Morgan fingerprint density at radius 2 is 1.73 bits per heavy atom. The van der Waals surface area contributed by atoms with Crippen molar-refractivity contribution in [2.24, 2.45) is 11.3 Å². The summed E-state index contributed by atoms with van der Waals surface area (Å²) in [6.45, 7) is 12.0. The Labute approximate surface area is 189 Å². The Morgan fingerprint density at radius 3 is 2.37 bits per heavy atom. The molecule has 0 aromatic heterocycles. The number of ether oxygens (including phenoxy) is 1. The van der Waals surface area contributed by atoms with Crippen molar-refractivity contribution in [2.45, 2.75) is 83.1 Å². The van der Waals surface area contributed by atoms with Gasteiger partial charge in [-0.15, -0.1) is 0 Å². The molecule has 170 valence electrons. The Bertz CT molecular complexity index is 721. The van der Waals surface area contributed by atoms with E-state index in [1.54, 1.807) is 0 Å². The Kier molecular flexibility index (Phi) is 8.07. The summed E-state index contributed by atoms with van der Waals surface area (Å²) in [6, 6.07) is 4.51. The topological polar surface area (TPSA) is 73.8 Å². The largest absolute Gasteiger partial charge is 0.487 e. The molecule has 3 atom stereocenters. The number of nitrogens with one attached hydrogen (secondary N) is 2. The molecule has 3 unspecified atom stereocenters. The predicted octanol–water partition coefficient (Wildman–Crippen LogP) is 4.54. The normalized spacial score (nSPS) is 21.4. The van der Waals surface area contributed by atoms with Crippen molar-refractivity contribution in [3.05, 3.63) is 28.8 Å². The second-order valence-corrected chi connectivity index (χ2v) is 12.9. The summed E-state index contributed by atoms with van der Waals surface area (Å²) in [6.07, 6.45) is 1.94. The van der Waals surface area contributed by atoms with Crippen molar-refractivity contribution in [3.8, 4) is 5.75 Å². The zero-order valence-corrected chi connectivity index (χ0v) is 20.6. The van der Waals surface area contributed by atoms with Gasteiger partial charge in [-0.2, -0.15) is 0 Å². The highest BCUT2D eigenvalue weighted by atomic mass is 33.1. The first kappa shape index (κ1) is 24.2. The lowest BCUT2D eigenvalue weighted by Gasteiger charge is -2.37. The van der Waals surface area contributed by atoms with Crippen LogP contribution in [0.5, 0.6) is 5.75 Å². The van der Waals surface area contributed by atoms with Gasteiger partial charge in [-0.1, -0.05) is 48.4 Å². The minimum Gasteiger partial charge on any atom is -0.487 e. The average Bonchev–Trinajstić information content (AvgIpc) is 2.70. The SMILES string of the molecule is CC(C)(CC(CNCC(O)C1CCc2cc3c(cc2O1)CSSC3)C(C)(C)C)NO. The van der Waals surface area contributed by atoms with E-state index in [9.17, 15) is 10.3 Å². The summed E-state index contributed by atoms with van der Waals surface area (Å²) in [5.41, 5.74) is 6.28. The van der Waals surface area contributed by atoms with Gasteiger partial charge in [-0.25, -0.2) is 5.48 Å². The number of hydroxylamine groups is 1. The van der Waals surface area contributed by atoms with E-state index < -0.39 is 6.10 Å². The van der Waals surface area contributed by atoms with E-state index in [-0.39, 0.29) is 17.1 Å². The van der Waals surface area contributed by atoms with Crippen LogP contribution in [0.2, 0.25) is 0 Å². The van der Waals surface area contributed by atoms with Gasteiger partial charge in [0.05, 0.1) is 0 Å². The van der Waals surface area contributed by atoms with Gasteiger partial charge in [-0.3, -0.25) is 0 Å². The molecule has 30 heavy (non-hydrogen) atoms. The van der Waals surface area contributed by atoms with E-state index in [0.717, 1.165) is 43.1 Å². The molecule has 1 aromatic carbocycles. The fraction of sp³-hybridized carbons (Fsp3) is 0.739. The molecule has 0 aliphatic carbocycles. The molecule has 2 heterocycles. The van der Waals surface area contributed by atoms with E-state index in [1.165, 1.54) is 16.7 Å². The molecule has 0 spiro atoms. The number of aliphatic hydroxyl groups is 1. The molecule has 0 bridgehead atoms. The minimum atomic E-state index is -0.538. The number of aliphatic hydroxyl groups excluding tert-OH is 1. The molecule has 0 saturated carbocycles. The van der Waals surface area contributed by atoms with Crippen LogP contribution in [-0.2, 0) is 17.9 Å². The zero-order chi connectivity index (χ0) is 21.9. The van der Waals surface area contributed by atoms with Gasteiger partial charge in [0.25, 0.3) is 0 Å². The Balaban J connectivity index is 1.54. The molecule has 0 saturated heterocycles. The second kappa shape index (κ2) is 10.0.